The number of rotatable bonds is 1. The highest BCUT2D eigenvalue weighted by Crippen LogP contribution is 2.16. The lowest BCUT2D eigenvalue weighted by Crippen LogP contribution is -2.00. The van der Waals surface area contributed by atoms with Gasteiger partial charge in [0.2, 0.25) is 0 Å². The summed E-state index contributed by atoms with van der Waals surface area (Å²) in [6.45, 7) is 0. The highest BCUT2D eigenvalue weighted by Gasteiger charge is 2.03. The quantitative estimate of drug-likeness (QED) is 0.556. The van der Waals surface area contributed by atoms with Gasteiger partial charge in [-0.2, -0.15) is 0 Å². The van der Waals surface area contributed by atoms with Crippen molar-refractivity contribution in [1.29, 1.82) is 0 Å². The maximum absolute atomic E-state index is 11.3. The van der Waals surface area contributed by atoms with Gasteiger partial charge < -0.3 is 4.74 Å². The predicted octanol–water partition coefficient (Wildman–Crippen LogP) is 3.33. The van der Waals surface area contributed by atoms with Crippen LogP contribution in [-0.2, 0) is 4.74 Å². The summed E-state index contributed by atoms with van der Waals surface area (Å²) < 4.78 is 4.65. The van der Waals surface area contributed by atoms with Gasteiger partial charge in [-0.1, -0.05) is 17.9 Å². The number of ether oxygens (including phenoxy) is 1. The summed E-state index contributed by atoms with van der Waals surface area (Å²) in [6.07, 6.45) is 6.97. The fourth-order valence-corrected chi connectivity index (χ4v) is 1.91. The number of hydrogen-bond donors (Lipinski definition) is 0. The van der Waals surface area contributed by atoms with Crippen molar-refractivity contribution < 1.29 is 9.53 Å². The third kappa shape index (κ3) is 3.24. The highest BCUT2D eigenvalue weighted by molar-refractivity contribution is 5.89. The molecule has 92 valence electrons. The highest BCUT2D eigenvalue weighted by atomic mass is 16.5. The first kappa shape index (κ1) is 12.4. The monoisotopic (exact) mass is 240 g/mol. The first-order valence-corrected chi connectivity index (χ1v) is 6.19. The first-order chi connectivity index (χ1) is 8.79. The Balaban J connectivity index is 2.08. The van der Waals surface area contributed by atoms with Crippen molar-refractivity contribution in [2.75, 3.05) is 7.11 Å². The van der Waals surface area contributed by atoms with E-state index in [2.05, 4.69) is 22.7 Å². The Labute approximate surface area is 108 Å². The van der Waals surface area contributed by atoms with Gasteiger partial charge in [0.15, 0.2) is 0 Å². The molecule has 0 fully saturated rings. The van der Waals surface area contributed by atoms with Crippen molar-refractivity contribution in [2.45, 2.75) is 25.7 Å². The van der Waals surface area contributed by atoms with Crippen molar-refractivity contribution in [3.8, 4) is 11.8 Å². The smallest absolute Gasteiger partial charge is 0.337 e. The molecule has 0 saturated carbocycles. The van der Waals surface area contributed by atoms with Crippen molar-refractivity contribution in [1.82, 2.24) is 0 Å². The molecule has 2 heteroatoms. The van der Waals surface area contributed by atoms with Crippen LogP contribution in [0.3, 0.4) is 0 Å². The van der Waals surface area contributed by atoms with E-state index in [1.807, 2.05) is 12.1 Å². The van der Waals surface area contributed by atoms with Crippen LogP contribution in [0, 0.1) is 11.8 Å². The van der Waals surface area contributed by atoms with Crippen LogP contribution in [0.4, 0.5) is 0 Å². The van der Waals surface area contributed by atoms with Crippen LogP contribution in [0.5, 0.6) is 0 Å². The Bertz CT molecular complexity index is 512. The minimum atomic E-state index is -0.315. The topological polar surface area (TPSA) is 26.3 Å². The Hall–Kier alpha value is -2.01. The van der Waals surface area contributed by atoms with Crippen LogP contribution >= 0.6 is 0 Å². The van der Waals surface area contributed by atoms with E-state index in [4.69, 9.17) is 0 Å². The lowest BCUT2D eigenvalue weighted by atomic mass is 10.00. The normalized spacial score (nSPS) is 14.2. The second-order valence-electron chi connectivity index (χ2n) is 4.29. The van der Waals surface area contributed by atoms with E-state index in [1.54, 1.807) is 12.1 Å². The van der Waals surface area contributed by atoms with Gasteiger partial charge in [0.25, 0.3) is 0 Å². The third-order valence-corrected chi connectivity index (χ3v) is 2.96. The summed E-state index contributed by atoms with van der Waals surface area (Å²) in [5.74, 6) is 6.01. The Morgan fingerprint density at radius 1 is 1.17 bits per heavy atom. The fraction of sp³-hybridized carbons (Fsp3) is 0.312. The zero-order valence-corrected chi connectivity index (χ0v) is 10.5. The molecule has 0 spiro atoms. The lowest BCUT2D eigenvalue weighted by molar-refractivity contribution is 0.0601. The predicted molar refractivity (Wildman–Crippen MR) is 71.2 cm³/mol. The van der Waals surface area contributed by atoms with Crippen molar-refractivity contribution >= 4 is 5.97 Å². The SMILES string of the molecule is COC(=O)c1ccc(C#CC2=CCCCC2)cc1. The second-order valence-corrected chi connectivity index (χ2v) is 4.29. The van der Waals surface area contributed by atoms with Gasteiger partial charge in [-0.15, -0.1) is 0 Å². The summed E-state index contributed by atoms with van der Waals surface area (Å²) >= 11 is 0. The summed E-state index contributed by atoms with van der Waals surface area (Å²) in [5, 5.41) is 0. The Morgan fingerprint density at radius 2 is 1.94 bits per heavy atom. The number of benzene rings is 1. The molecule has 1 aliphatic carbocycles. The molecule has 0 heterocycles. The summed E-state index contributed by atoms with van der Waals surface area (Å²) in [6, 6.07) is 7.18. The van der Waals surface area contributed by atoms with E-state index in [1.165, 1.54) is 25.5 Å². The average Bonchev–Trinajstić information content (AvgIpc) is 2.46. The van der Waals surface area contributed by atoms with E-state index < -0.39 is 0 Å². The van der Waals surface area contributed by atoms with E-state index in [9.17, 15) is 4.79 Å². The van der Waals surface area contributed by atoms with E-state index in [0.717, 1.165) is 18.4 Å². The van der Waals surface area contributed by atoms with Crippen molar-refractivity contribution in [3.63, 3.8) is 0 Å². The molecular formula is C16H16O2. The summed E-state index contributed by atoms with van der Waals surface area (Å²) in [4.78, 5) is 11.3. The molecule has 2 rings (SSSR count). The van der Waals surface area contributed by atoms with E-state index in [-0.39, 0.29) is 5.97 Å². The molecule has 0 radical (unpaired) electrons. The van der Waals surface area contributed by atoms with Crippen LogP contribution in [0.15, 0.2) is 35.9 Å². The fourth-order valence-electron chi connectivity index (χ4n) is 1.91. The van der Waals surface area contributed by atoms with Gasteiger partial charge in [0.05, 0.1) is 12.7 Å². The third-order valence-electron chi connectivity index (χ3n) is 2.96. The summed E-state index contributed by atoms with van der Waals surface area (Å²) in [5.41, 5.74) is 2.72. The first-order valence-electron chi connectivity index (χ1n) is 6.19. The molecule has 0 bridgehead atoms. The molecule has 2 nitrogen and oxygen atoms in total. The minimum absolute atomic E-state index is 0.315. The van der Waals surface area contributed by atoms with Gasteiger partial charge in [0, 0.05) is 5.56 Å². The molecule has 0 aliphatic heterocycles. The van der Waals surface area contributed by atoms with Crippen LogP contribution in [-0.4, -0.2) is 13.1 Å². The minimum Gasteiger partial charge on any atom is -0.465 e. The number of carbonyl (C=O) groups excluding carboxylic acids is 1. The van der Waals surface area contributed by atoms with Crippen LogP contribution < -0.4 is 0 Å². The zero-order chi connectivity index (χ0) is 12.8. The molecule has 0 amide bonds. The van der Waals surface area contributed by atoms with Crippen LogP contribution in [0.2, 0.25) is 0 Å². The van der Waals surface area contributed by atoms with Crippen LogP contribution in [0.25, 0.3) is 0 Å². The van der Waals surface area contributed by atoms with Crippen molar-refractivity contribution in [2.24, 2.45) is 0 Å². The van der Waals surface area contributed by atoms with Gasteiger partial charge in [0.1, 0.15) is 0 Å². The maximum atomic E-state index is 11.3. The zero-order valence-electron chi connectivity index (χ0n) is 10.5. The van der Waals surface area contributed by atoms with Gasteiger partial charge in [-0.3, -0.25) is 0 Å². The molecule has 18 heavy (non-hydrogen) atoms. The number of esters is 1. The molecule has 1 aromatic carbocycles. The molecule has 0 aromatic heterocycles. The number of methoxy groups -OCH3 is 1. The Kier molecular flexibility index (Phi) is 4.20. The molecule has 0 N–H and O–H groups in total. The largest absolute Gasteiger partial charge is 0.465 e. The number of allylic oxidation sites excluding steroid dienone is 2. The van der Waals surface area contributed by atoms with Gasteiger partial charge in [-0.25, -0.2) is 4.79 Å². The lowest BCUT2D eigenvalue weighted by Gasteiger charge is -2.05. The maximum Gasteiger partial charge on any atom is 0.337 e. The summed E-state index contributed by atoms with van der Waals surface area (Å²) in [7, 11) is 1.38. The van der Waals surface area contributed by atoms with Crippen LogP contribution in [0.1, 0.15) is 41.6 Å². The number of hydrogen-bond acceptors (Lipinski definition) is 2. The number of carbonyl (C=O) groups is 1. The van der Waals surface area contributed by atoms with E-state index >= 15 is 0 Å². The standard InChI is InChI=1S/C16H16O2/c1-18-16(17)15-11-9-14(10-12-15)8-7-13-5-3-2-4-6-13/h5,9-12H,2-4,6H2,1H3. The Morgan fingerprint density at radius 3 is 2.56 bits per heavy atom. The van der Waals surface area contributed by atoms with Gasteiger partial charge >= 0.3 is 5.97 Å². The van der Waals surface area contributed by atoms with E-state index in [0.29, 0.717) is 5.56 Å². The molecular weight excluding hydrogens is 224 g/mol. The molecule has 0 saturated heterocycles. The van der Waals surface area contributed by atoms with Gasteiger partial charge in [-0.05, 0) is 55.5 Å². The molecule has 1 aliphatic rings. The van der Waals surface area contributed by atoms with Crippen molar-refractivity contribution in [3.05, 3.63) is 47.0 Å². The molecule has 0 unspecified atom stereocenters. The second kappa shape index (κ2) is 6.07. The molecule has 0 atom stereocenters. The average molecular weight is 240 g/mol. The molecule has 1 aromatic rings.